The van der Waals surface area contributed by atoms with Gasteiger partial charge in [-0.05, 0) is 0 Å². The van der Waals surface area contributed by atoms with Crippen LogP contribution in [0, 0.1) is 0 Å². The molecule has 0 bridgehead atoms. The summed E-state index contributed by atoms with van der Waals surface area (Å²) in [6, 6.07) is 0. The average Bonchev–Trinajstić information content (AvgIpc) is 2.16. The Kier molecular flexibility index (Phi) is 14.5. The summed E-state index contributed by atoms with van der Waals surface area (Å²) >= 11 is 14.9. The number of hydrogen-bond acceptors (Lipinski definition) is 3. The van der Waals surface area contributed by atoms with Gasteiger partial charge in [-0.2, -0.15) is 23.5 Å². The van der Waals surface area contributed by atoms with E-state index in [1.165, 1.54) is 0 Å². The zero-order chi connectivity index (χ0) is 9.78. The zero-order valence-corrected chi connectivity index (χ0v) is 10.9. The van der Waals surface area contributed by atoms with E-state index in [4.69, 9.17) is 23.2 Å². The fourth-order valence-electron chi connectivity index (χ4n) is 0.727. The van der Waals surface area contributed by atoms with Crippen LogP contribution in [0.4, 0.5) is 0 Å². The van der Waals surface area contributed by atoms with Gasteiger partial charge in [0.1, 0.15) is 0 Å². The minimum atomic E-state index is 0.760. The highest BCUT2D eigenvalue weighted by Crippen LogP contribution is 2.00. The summed E-state index contributed by atoms with van der Waals surface area (Å²) in [6.45, 7) is 2.17. The Hall–Kier alpha value is 1.24. The predicted octanol–water partition coefficient (Wildman–Crippen LogP) is 2.52. The Labute approximate surface area is 99.7 Å². The lowest BCUT2D eigenvalue weighted by Gasteiger charge is -2.03. The van der Waals surface area contributed by atoms with Crippen molar-refractivity contribution in [2.75, 3.05) is 47.9 Å². The maximum Gasteiger partial charge on any atom is 0.0314 e. The molecule has 80 valence electrons. The SMILES string of the molecule is ClCCSCCNCCSCCCl. The molecule has 0 heterocycles. The van der Waals surface area contributed by atoms with Crippen LogP contribution in [-0.2, 0) is 0 Å². The largest absolute Gasteiger partial charge is 0.315 e. The molecule has 0 aliphatic carbocycles. The molecule has 0 atom stereocenters. The fourth-order valence-corrected chi connectivity index (χ4v) is 2.59. The molecular weight excluding hydrogens is 245 g/mol. The van der Waals surface area contributed by atoms with Gasteiger partial charge in [0.25, 0.3) is 0 Å². The van der Waals surface area contributed by atoms with E-state index >= 15 is 0 Å². The highest BCUT2D eigenvalue weighted by molar-refractivity contribution is 7.99. The molecule has 0 spiro atoms. The molecule has 1 nitrogen and oxygen atoms in total. The highest BCUT2D eigenvalue weighted by Gasteiger charge is 1.90. The van der Waals surface area contributed by atoms with Crippen molar-refractivity contribution in [3.05, 3.63) is 0 Å². The molecule has 5 heteroatoms. The van der Waals surface area contributed by atoms with Crippen LogP contribution in [0.25, 0.3) is 0 Å². The van der Waals surface area contributed by atoms with E-state index in [0.29, 0.717) is 0 Å². The van der Waals surface area contributed by atoms with E-state index in [2.05, 4.69) is 5.32 Å². The van der Waals surface area contributed by atoms with E-state index in [1.807, 2.05) is 23.5 Å². The first kappa shape index (κ1) is 14.2. The lowest BCUT2D eigenvalue weighted by atomic mass is 10.7. The van der Waals surface area contributed by atoms with Crippen molar-refractivity contribution in [1.29, 1.82) is 0 Å². The van der Waals surface area contributed by atoms with Gasteiger partial charge in [-0.1, -0.05) is 0 Å². The van der Waals surface area contributed by atoms with Crippen molar-refractivity contribution >= 4 is 46.7 Å². The van der Waals surface area contributed by atoms with Gasteiger partial charge in [-0.3, -0.25) is 0 Å². The van der Waals surface area contributed by atoms with Crippen LogP contribution in [0.1, 0.15) is 0 Å². The van der Waals surface area contributed by atoms with Crippen LogP contribution in [0.5, 0.6) is 0 Å². The van der Waals surface area contributed by atoms with Gasteiger partial charge in [0.2, 0.25) is 0 Å². The molecule has 0 aromatic rings. The molecule has 0 aliphatic rings. The predicted molar refractivity (Wildman–Crippen MR) is 69.0 cm³/mol. The standard InChI is InChI=1S/C8H17Cl2NS2/c9-1-5-12-7-3-11-4-8-13-6-2-10/h11H,1-8H2. The summed E-state index contributed by atoms with van der Waals surface area (Å²) in [7, 11) is 0. The molecule has 0 saturated heterocycles. The van der Waals surface area contributed by atoms with Crippen LogP contribution < -0.4 is 5.32 Å². The molecular formula is C8H17Cl2NS2. The number of hydrogen-bond donors (Lipinski definition) is 1. The highest BCUT2D eigenvalue weighted by atomic mass is 35.5. The smallest absolute Gasteiger partial charge is 0.0314 e. The number of alkyl halides is 2. The maximum atomic E-state index is 5.54. The molecule has 0 radical (unpaired) electrons. The van der Waals surface area contributed by atoms with E-state index in [1.54, 1.807) is 0 Å². The van der Waals surface area contributed by atoms with Gasteiger partial charge in [-0.25, -0.2) is 0 Å². The van der Waals surface area contributed by atoms with Gasteiger partial charge in [0.05, 0.1) is 0 Å². The molecule has 0 unspecified atom stereocenters. The molecule has 0 amide bonds. The second kappa shape index (κ2) is 13.2. The summed E-state index contributed by atoms with van der Waals surface area (Å²) in [4.78, 5) is 0. The molecule has 0 fully saturated rings. The number of thioether (sulfide) groups is 2. The van der Waals surface area contributed by atoms with Crippen LogP contribution in [0.15, 0.2) is 0 Å². The number of rotatable bonds is 10. The van der Waals surface area contributed by atoms with Crippen LogP contribution >= 0.6 is 46.7 Å². The fraction of sp³-hybridized carbons (Fsp3) is 1.00. The summed E-state index contributed by atoms with van der Waals surface area (Å²) in [6.07, 6.45) is 0. The second-order valence-corrected chi connectivity index (χ2v) is 5.56. The quantitative estimate of drug-likeness (QED) is 0.480. The second-order valence-electron chi connectivity index (χ2n) is 2.35. The topological polar surface area (TPSA) is 12.0 Å². The van der Waals surface area contributed by atoms with Crippen molar-refractivity contribution in [3.63, 3.8) is 0 Å². The van der Waals surface area contributed by atoms with Crippen LogP contribution in [0.3, 0.4) is 0 Å². The minimum absolute atomic E-state index is 0.760. The molecule has 13 heavy (non-hydrogen) atoms. The Balaban J connectivity index is 2.76. The van der Waals surface area contributed by atoms with E-state index in [0.717, 1.165) is 47.9 Å². The monoisotopic (exact) mass is 261 g/mol. The minimum Gasteiger partial charge on any atom is -0.315 e. The molecule has 0 aromatic heterocycles. The summed E-state index contributed by atoms with van der Waals surface area (Å²) in [5.74, 6) is 5.96. The van der Waals surface area contributed by atoms with Crippen molar-refractivity contribution in [2.45, 2.75) is 0 Å². The molecule has 0 aliphatic heterocycles. The zero-order valence-electron chi connectivity index (χ0n) is 7.73. The maximum absolute atomic E-state index is 5.54. The third kappa shape index (κ3) is 13.2. The first-order valence-electron chi connectivity index (χ1n) is 4.40. The Morgan fingerprint density at radius 3 is 1.62 bits per heavy atom. The lowest BCUT2D eigenvalue weighted by Crippen LogP contribution is -2.20. The third-order valence-electron chi connectivity index (χ3n) is 1.29. The van der Waals surface area contributed by atoms with Crippen molar-refractivity contribution in [1.82, 2.24) is 5.32 Å². The normalized spacial score (nSPS) is 10.6. The summed E-state index contributed by atoms with van der Waals surface area (Å²) < 4.78 is 0. The summed E-state index contributed by atoms with van der Waals surface area (Å²) in [5.41, 5.74) is 0. The first-order valence-corrected chi connectivity index (χ1v) is 7.77. The van der Waals surface area contributed by atoms with E-state index in [-0.39, 0.29) is 0 Å². The van der Waals surface area contributed by atoms with E-state index < -0.39 is 0 Å². The molecule has 0 rings (SSSR count). The third-order valence-corrected chi connectivity index (χ3v) is 4.09. The number of halogens is 2. The molecule has 1 N–H and O–H groups in total. The van der Waals surface area contributed by atoms with Gasteiger partial charge >= 0.3 is 0 Å². The van der Waals surface area contributed by atoms with Crippen LogP contribution in [-0.4, -0.2) is 47.9 Å². The Bertz CT molecular complexity index is 86.2. The van der Waals surface area contributed by atoms with Gasteiger partial charge in [0, 0.05) is 47.9 Å². The average molecular weight is 262 g/mol. The van der Waals surface area contributed by atoms with Crippen molar-refractivity contribution < 1.29 is 0 Å². The molecule has 0 aromatic carbocycles. The van der Waals surface area contributed by atoms with E-state index in [9.17, 15) is 0 Å². The number of nitrogens with one attached hydrogen (secondary N) is 1. The summed E-state index contributed by atoms with van der Waals surface area (Å²) in [5, 5.41) is 3.38. The lowest BCUT2D eigenvalue weighted by molar-refractivity contribution is 0.774. The Morgan fingerprint density at radius 1 is 0.769 bits per heavy atom. The van der Waals surface area contributed by atoms with Crippen molar-refractivity contribution in [3.8, 4) is 0 Å². The van der Waals surface area contributed by atoms with Crippen molar-refractivity contribution in [2.24, 2.45) is 0 Å². The molecule has 0 saturated carbocycles. The Morgan fingerprint density at radius 2 is 1.23 bits per heavy atom. The van der Waals surface area contributed by atoms with Crippen LogP contribution in [0.2, 0.25) is 0 Å². The van der Waals surface area contributed by atoms with Gasteiger partial charge in [-0.15, -0.1) is 23.2 Å². The first-order chi connectivity index (χ1) is 6.41. The van der Waals surface area contributed by atoms with Gasteiger partial charge in [0.15, 0.2) is 0 Å². The van der Waals surface area contributed by atoms with Gasteiger partial charge < -0.3 is 5.32 Å².